The standard InChI is InChI=1S/C14H16BrClN2O3/c1-2-21-14(20)18-7-5-17(6-8-18)13(19)10-3-4-12(16)11(15)9-10/h3-4,9H,2,5-8H2,1H3. The summed E-state index contributed by atoms with van der Waals surface area (Å²) in [5.41, 5.74) is 0.579. The van der Waals surface area contributed by atoms with Gasteiger partial charge in [-0.05, 0) is 41.1 Å². The number of carbonyl (C=O) groups is 2. The molecule has 1 heterocycles. The second-order valence-electron chi connectivity index (χ2n) is 4.61. The van der Waals surface area contributed by atoms with Crippen LogP contribution in [0.5, 0.6) is 0 Å². The number of benzene rings is 1. The molecule has 2 rings (SSSR count). The molecule has 0 atom stereocenters. The smallest absolute Gasteiger partial charge is 0.409 e. The number of piperazine rings is 1. The SMILES string of the molecule is CCOC(=O)N1CCN(C(=O)c2ccc(Cl)c(Br)c2)CC1. The molecule has 0 aliphatic carbocycles. The van der Waals surface area contributed by atoms with Crippen LogP contribution in [0.15, 0.2) is 22.7 Å². The summed E-state index contributed by atoms with van der Waals surface area (Å²) in [6.07, 6.45) is -0.321. The Morgan fingerprint density at radius 2 is 1.86 bits per heavy atom. The maximum atomic E-state index is 12.4. The summed E-state index contributed by atoms with van der Waals surface area (Å²) >= 11 is 9.24. The van der Waals surface area contributed by atoms with Crippen molar-refractivity contribution < 1.29 is 14.3 Å². The van der Waals surface area contributed by atoms with Crippen LogP contribution < -0.4 is 0 Å². The second kappa shape index (κ2) is 7.13. The largest absolute Gasteiger partial charge is 0.450 e. The summed E-state index contributed by atoms with van der Waals surface area (Å²) in [5, 5.41) is 0.568. The Morgan fingerprint density at radius 1 is 1.24 bits per heavy atom. The zero-order valence-corrected chi connectivity index (χ0v) is 14.0. The maximum Gasteiger partial charge on any atom is 0.409 e. The average molecular weight is 376 g/mol. The van der Waals surface area contributed by atoms with Crippen LogP contribution in [0.2, 0.25) is 5.02 Å². The molecule has 7 heteroatoms. The van der Waals surface area contributed by atoms with Gasteiger partial charge in [-0.15, -0.1) is 0 Å². The second-order valence-corrected chi connectivity index (χ2v) is 5.87. The molecule has 21 heavy (non-hydrogen) atoms. The number of halogens is 2. The van der Waals surface area contributed by atoms with Crippen LogP contribution in [0.1, 0.15) is 17.3 Å². The molecular weight excluding hydrogens is 360 g/mol. The molecule has 0 unspecified atom stereocenters. The van der Waals surface area contributed by atoms with E-state index < -0.39 is 0 Å². The normalized spacial score (nSPS) is 15.0. The van der Waals surface area contributed by atoms with Crippen molar-refractivity contribution in [3.8, 4) is 0 Å². The molecule has 0 spiro atoms. The summed E-state index contributed by atoms with van der Waals surface area (Å²) in [6, 6.07) is 5.10. The van der Waals surface area contributed by atoms with Gasteiger partial charge in [0.1, 0.15) is 0 Å². The van der Waals surface area contributed by atoms with Crippen molar-refractivity contribution in [1.82, 2.24) is 9.80 Å². The third-order valence-electron chi connectivity index (χ3n) is 3.26. The first-order chi connectivity index (χ1) is 10.0. The first kappa shape index (κ1) is 16.1. The van der Waals surface area contributed by atoms with Crippen molar-refractivity contribution >= 4 is 39.5 Å². The van der Waals surface area contributed by atoms with Gasteiger partial charge < -0.3 is 14.5 Å². The lowest BCUT2D eigenvalue weighted by atomic mass is 10.2. The molecular formula is C14H16BrClN2O3. The van der Waals surface area contributed by atoms with Crippen LogP contribution in [-0.2, 0) is 4.74 Å². The van der Waals surface area contributed by atoms with Crippen molar-refractivity contribution in [3.63, 3.8) is 0 Å². The summed E-state index contributed by atoms with van der Waals surface area (Å²) in [5.74, 6) is -0.0594. The minimum Gasteiger partial charge on any atom is -0.450 e. The first-order valence-corrected chi connectivity index (χ1v) is 7.86. The number of hydrogen-bond acceptors (Lipinski definition) is 3. The number of carbonyl (C=O) groups excluding carboxylic acids is 2. The third-order valence-corrected chi connectivity index (χ3v) is 4.47. The Balaban J connectivity index is 1.97. The highest BCUT2D eigenvalue weighted by molar-refractivity contribution is 9.10. The number of hydrogen-bond donors (Lipinski definition) is 0. The fraction of sp³-hybridized carbons (Fsp3) is 0.429. The molecule has 114 valence electrons. The van der Waals surface area contributed by atoms with E-state index in [9.17, 15) is 9.59 Å². The van der Waals surface area contributed by atoms with Gasteiger partial charge in [0.25, 0.3) is 5.91 Å². The van der Waals surface area contributed by atoms with Crippen LogP contribution >= 0.6 is 27.5 Å². The summed E-state index contributed by atoms with van der Waals surface area (Å²) in [6.45, 7) is 4.10. The van der Waals surface area contributed by atoms with Crippen LogP contribution in [0.4, 0.5) is 4.79 Å². The monoisotopic (exact) mass is 374 g/mol. The molecule has 2 amide bonds. The van der Waals surface area contributed by atoms with Gasteiger partial charge in [-0.2, -0.15) is 0 Å². The molecule has 1 aromatic carbocycles. The predicted molar refractivity (Wildman–Crippen MR) is 83.7 cm³/mol. The fourth-order valence-corrected chi connectivity index (χ4v) is 2.61. The number of rotatable bonds is 2. The number of nitrogens with zero attached hydrogens (tertiary/aromatic N) is 2. The van der Waals surface area contributed by atoms with Gasteiger partial charge in [-0.3, -0.25) is 4.79 Å². The van der Waals surface area contributed by atoms with E-state index in [-0.39, 0.29) is 12.0 Å². The Bertz CT molecular complexity index is 545. The molecule has 1 aliphatic rings. The van der Waals surface area contributed by atoms with Gasteiger partial charge in [0.05, 0.1) is 11.6 Å². The molecule has 0 radical (unpaired) electrons. The average Bonchev–Trinajstić information content (AvgIpc) is 2.50. The predicted octanol–water partition coefficient (Wildman–Crippen LogP) is 3.02. The minimum atomic E-state index is -0.321. The van der Waals surface area contributed by atoms with E-state index in [0.29, 0.717) is 47.8 Å². The molecule has 0 bridgehead atoms. The van der Waals surface area contributed by atoms with E-state index in [1.165, 1.54) is 0 Å². The van der Waals surface area contributed by atoms with E-state index in [1.54, 1.807) is 34.9 Å². The number of amides is 2. The Hall–Kier alpha value is -1.27. The van der Waals surface area contributed by atoms with Gasteiger partial charge in [0.15, 0.2) is 0 Å². The van der Waals surface area contributed by atoms with Gasteiger partial charge >= 0.3 is 6.09 Å². The molecule has 1 aromatic rings. The maximum absolute atomic E-state index is 12.4. The summed E-state index contributed by atoms with van der Waals surface area (Å²) < 4.78 is 5.65. The van der Waals surface area contributed by atoms with E-state index in [1.807, 2.05) is 0 Å². The molecule has 0 N–H and O–H groups in total. The van der Waals surface area contributed by atoms with Gasteiger partial charge in [-0.1, -0.05) is 11.6 Å². The lowest BCUT2D eigenvalue weighted by Crippen LogP contribution is -2.50. The zero-order valence-electron chi connectivity index (χ0n) is 11.6. The summed E-state index contributed by atoms with van der Waals surface area (Å²) in [7, 11) is 0. The van der Waals surface area contributed by atoms with Gasteiger partial charge in [0.2, 0.25) is 0 Å². The van der Waals surface area contributed by atoms with Crippen molar-refractivity contribution in [1.29, 1.82) is 0 Å². The van der Waals surface area contributed by atoms with Crippen LogP contribution in [0, 0.1) is 0 Å². The van der Waals surface area contributed by atoms with Gasteiger partial charge in [0, 0.05) is 36.2 Å². The van der Waals surface area contributed by atoms with Crippen molar-refractivity contribution in [2.75, 3.05) is 32.8 Å². The van der Waals surface area contributed by atoms with E-state index in [0.717, 1.165) is 0 Å². The zero-order chi connectivity index (χ0) is 15.4. The van der Waals surface area contributed by atoms with Crippen LogP contribution in [-0.4, -0.2) is 54.6 Å². The molecule has 1 fully saturated rings. The molecule has 0 aromatic heterocycles. The number of ether oxygens (including phenoxy) is 1. The Kier molecular flexibility index (Phi) is 5.47. The van der Waals surface area contributed by atoms with E-state index in [2.05, 4.69) is 15.9 Å². The molecule has 0 saturated carbocycles. The van der Waals surface area contributed by atoms with Crippen molar-refractivity contribution in [3.05, 3.63) is 33.3 Å². The molecule has 1 saturated heterocycles. The topological polar surface area (TPSA) is 49.9 Å². The minimum absolute atomic E-state index is 0.0594. The Labute approximate surface area is 136 Å². The van der Waals surface area contributed by atoms with Crippen LogP contribution in [0.3, 0.4) is 0 Å². The third kappa shape index (κ3) is 3.89. The van der Waals surface area contributed by atoms with Crippen molar-refractivity contribution in [2.45, 2.75) is 6.92 Å². The van der Waals surface area contributed by atoms with Crippen LogP contribution in [0.25, 0.3) is 0 Å². The highest BCUT2D eigenvalue weighted by atomic mass is 79.9. The summed E-state index contributed by atoms with van der Waals surface area (Å²) in [4.78, 5) is 27.3. The first-order valence-electron chi connectivity index (χ1n) is 6.69. The van der Waals surface area contributed by atoms with Crippen molar-refractivity contribution in [2.24, 2.45) is 0 Å². The lowest BCUT2D eigenvalue weighted by Gasteiger charge is -2.34. The lowest BCUT2D eigenvalue weighted by molar-refractivity contribution is 0.0570. The quantitative estimate of drug-likeness (QED) is 0.798. The fourth-order valence-electron chi connectivity index (χ4n) is 2.12. The van der Waals surface area contributed by atoms with Gasteiger partial charge in [-0.25, -0.2) is 4.79 Å². The highest BCUT2D eigenvalue weighted by Crippen LogP contribution is 2.24. The Morgan fingerprint density at radius 3 is 2.43 bits per heavy atom. The molecule has 1 aliphatic heterocycles. The van der Waals surface area contributed by atoms with E-state index in [4.69, 9.17) is 16.3 Å². The van der Waals surface area contributed by atoms with E-state index >= 15 is 0 Å². The molecule has 5 nitrogen and oxygen atoms in total. The highest BCUT2D eigenvalue weighted by Gasteiger charge is 2.25.